The highest BCUT2D eigenvalue weighted by Crippen LogP contribution is 2.30. The number of hydrogen-bond donors (Lipinski definition) is 1. The summed E-state index contributed by atoms with van der Waals surface area (Å²) in [6.07, 6.45) is 5.06. The second-order valence-corrected chi connectivity index (χ2v) is 9.17. The number of nitro groups is 1. The number of ether oxygens (including phenoxy) is 1. The molecule has 5 rings (SSSR count). The van der Waals surface area contributed by atoms with Gasteiger partial charge in [0.05, 0.1) is 10.5 Å². The number of carbonyl (C=O) groups excluding carboxylic acids is 1. The zero-order valence-electron chi connectivity index (χ0n) is 18.7. The number of carbonyl (C=O) groups is 1. The number of rotatable bonds is 5. The molecule has 3 aliphatic rings. The molecule has 0 radical (unpaired) electrons. The number of nitrogens with one attached hydrogen (secondary N) is 1. The van der Waals surface area contributed by atoms with Crippen LogP contribution in [0.5, 0.6) is 5.75 Å². The first-order valence-electron chi connectivity index (χ1n) is 11.2. The van der Waals surface area contributed by atoms with Crippen molar-refractivity contribution in [1.82, 2.24) is 9.91 Å². The summed E-state index contributed by atoms with van der Waals surface area (Å²) < 4.78 is 5.75. The number of thioether (sulfide) groups is 1. The molecule has 1 fully saturated rings. The molecule has 1 amide bonds. The van der Waals surface area contributed by atoms with Crippen molar-refractivity contribution >= 4 is 45.6 Å². The molecule has 3 heterocycles. The standard InChI is InChI=1S/C24H22N6O4S/c25-21-20(22(31)26-23-29(21)27-24(35-23)28-12-2-1-3-13-28)14-16-6-10-19(11-7-16)34-15-17-4-8-18(9-5-17)30(32)33/h4-11,14,25H,1-3,12-13,15H2/b20-14+,25-21?. The van der Waals surface area contributed by atoms with Gasteiger partial charge in [-0.2, -0.15) is 10.0 Å². The second-order valence-electron chi connectivity index (χ2n) is 8.23. The van der Waals surface area contributed by atoms with Crippen LogP contribution in [0.3, 0.4) is 0 Å². The molecule has 1 N–H and O–H groups in total. The number of hydrazone groups is 1. The summed E-state index contributed by atoms with van der Waals surface area (Å²) in [4.78, 5) is 29.3. The molecule has 0 saturated carbocycles. The Morgan fingerprint density at radius 2 is 1.77 bits per heavy atom. The Morgan fingerprint density at radius 1 is 1.06 bits per heavy atom. The van der Waals surface area contributed by atoms with Gasteiger partial charge >= 0.3 is 0 Å². The Bertz CT molecular complexity index is 1260. The second kappa shape index (κ2) is 9.71. The fourth-order valence-corrected chi connectivity index (χ4v) is 4.85. The molecular formula is C24H22N6O4S. The van der Waals surface area contributed by atoms with Crippen LogP contribution in [0.2, 0.25) is 0 Å². The summed E-state index contributed by atoms with van der Waals surface area (Å²) in [6.45, 7) is 2.12. The van der Waals surface area contributed by atoms with Gasteiger partial charge in [0.15, 0.2) is 11.0 Å². The van der Waals surface area contributed by atoms with Crippen molar-refractivity contribution < 1.29 is 14.5 Å². The van der Waals surface area contributed by atoms with Gasteiger partial charge in [0.25, 0.3) is 11.6 Å². The number of non-ortho nitro benzene ring substituents is 1. The molecule has 35 heavy (non-hydrogen) atoms. The van der Waals surface area contributed by atoms with Gasteiger partial charge in [-0.1, -0.05) is 12.1 Å². The third-order valence-corrected chi connectivity index (χ3v) is 6.78. The van der Waals surface area contributed by atoms with E-state index in [-0.39, 0.29) is 23.7 Å². The number of piperidine rings is 1. The zero-order chi connectivity index (χ0) is 24.4. The lowest BCUT2D eigenvalue weighted by Crippen LogP contribution is -2.35. The van der Waals surface area contributed by atoms with Crippen LogP contribution in [0.15, 0.2) is 64.2 Å². The van der Waals surface area contributed by atoms with Gasteiger partial charge in [-0.15, -0.1) is 5.10 Å². The van der Waals surface area contributed by atoms with Crippen LogP contribution in [0, 0.1) is 15.5 Å². The highest BCUT2D eigenvalue weighted by molar-refractivity contribution is 8.26. The first-order chi connectivity index (χ1) is 17.0. The number of hydrogen-bond acceptors (Lipinski definition) is 8. The van der Waals surface area contributed by atoms with E-state index in [0.29, 0.717) is 10.9 Å². The predicted molar refractivity (Wildman–Crippen MR) is 134 cm³/mol. The molecule has 0 spiro atoms. The van der Waals surface area contributed by atoms with Crippen LogP contribution in [-0.2, 0) is 11.4 Å². The average Bonchev–Trinajstić information content (AvgIpc) is 3.31. The molecule has 2 aromatic rings. The van der Waals surface area contributed by atoms with Crippen molar-refractivity contribution in [2.75, 3.05) is 13.1 Å². The third-order valence-electron chi connectivity index (χ3n) is 5.81. The number of nitrogens with zero attached hydrogens (tertiary/aromatic N) is 5. The van der Waals surface area contributed by atoms with Gasteiger partial charge in [0.1, 0.15) is 12.4 Å². The van der Waals surface area contributed by atoms with E-state index in [9.17, 15) is 14.9 Å². The maximum absolute atomic E-state index is 12.7. The van der Waals surface area contributed by atoms with E-state index < -0.39 is 10.8 Å². The first kappa shape index (κ1) is 22.8. The normalized spacial score (nSPS) is 18.9. The smallest absolute Gasteiger partial charge is 0.283 e. The summed E-state index contributed by atoms with van der Waals surface area (Å²) >= 11 is 1.34. The third kappa shape index (κ3) is 4.94. The van der Waals surface area contributed by atoms with E-state index >= 15 is 0 Å². The number of fused-ring (bicyclic) bond motifs is 1. The van der Waals surface area contributed by atoms with Crippen LogP contribution in [-0.4, -0.2) is 50.0 Å². The minimum atomic E-state index is -0.456. The molecule has 1 saturated heterocycles. The van der Waals surface area contributed by atoms with Crippen LogP contribution >= 0.6 is 11.8 Å². The van der Waals surface area contributed by atoms with Gasteiger partial charge < -0.3 is 9.64 Å². The average molecular weight is 491 g/mol. The van der Waals surface area contributed by atoms with Gasteiger partial charge in [-0.05, 0) is 72.5 Å². The van der Waals surface area contributed by atoms with Crippen molar-refractivity contribution in [1.29, 1.82) is 5.41 Å². The van der Waals surface area contributed by atoms with Crippen LogP contribution in [0.1, 0.15) is 30.4 Å². The van der Waals surface area contributed by atoms with Gasteiger partial charge in [0, 0.05) is 25.2 Å². The van der Waals surface area contributed by atoms with Gasteiger partial charge in [-0.25, -0.2) is 0 Å². The summed E-state index contributed by atoms with van der Waals surface area (Å²) in [5.74, 6) is 0.169. The van der Waals surface area contributed by atoms with Gasteiger partial charge in [0.2, 0.25) is 5.17 Å². The molecule has 11 heteroatoms. The zero-order valence-corrected chi connectivity index (χ0v) is 19.5. The summed E-state index contributed by atoms with van der Waals surface area (Å²) in [6, 6.07) is 13.3. The Kier molecular flexibility index (Phi) is 6.32. The monoisotopic (exact) mass is 490 g/mol. The molecule has 3 aliphatic heterocycles. The summed E-state index contributed by atoms with van der Waals surface area (Å²) in [5.41, 5.74) is 1.75. The van der Waals surface area contributed by atoms with E-state index in [2.05, 4.69) is 15.0 Å². The topological polar surface area (TPSA) is 124 Å². The Hall–Kier alpha value is -3.99. The van der Waals surface area contributed by atoms with E-state index in [1.54, 1.807) is 42.5 Å². The molecule has 0 aliphatic carbocycles. The largest absolute Gasteiger partial charge is 0.489 e. The fourth-order valence-electron chi connectivity index (χ4n) is 3.90. The Labute approximate surface area is 205 Å². The number of likely N-dealkylation sites (tertiary alicyclic amines) is 1. The quantitative estimate of drug-likeness (QED) is 0.378. The molecule has 0 bridgehead atoms. The molecule has 0 unspecified atom stereocenters. The maximum atomic E-state index is 12.7. The van der Waals surface area contributed by atoms with Crippen molar-refractivity contribution in [3.63, 3.8) is 0 Å². The van der Waals surface area contributed by atoms with Crippen molar-refractivity contribution in [2.24, 2.45) is 10.1 Å². The van der Waals surface area contributed by atoms with Crippen LogP contribution < -0.4 is 4.74 Å². The Morgan fingerprint density at radius 3 is 2.46 bits per heavy atom. The first-order valence-corrected chi connectivity index (χ1v) is 12.0. The minimum Gasteiger partial charge on any atom is -0.489 e. The van der Waals surface area contributed by atoms with E-state index in [0.717, 1.165) is 42.2 Å². The highest BCUT2D eigenvalue weighted by atomic mass is 32.2. The summed E-state index contributed by atoms with van der Waals surface area (Å²) in [5, 5.41) is 26.5. The van der Waals surface area contributed by atoms with E-state index in [1.807, 2.05) is 0 Å². The molecule has 10 nitrogen and oxygen atoms in total. The lowest BCUT2D eigenvalue weighted by Gasteiger charge is -2.26. The molecule has 178 valence electrons. The fraction of sp³-hybridized carbons (Fsp3) is 0.250. The summed E-state index contributed by atoms with van der Waals surface area (Å²) in [7, 11) is 0. The lowest BCUT2D eigenvalue weighted by atomic mass is 10.1. The maximum Gasteiger partial charge on any atom is 0.283 e. The van der Waals surface area contributed by atoms with Crippen LogP contribution in [0.25, 0.3) is 6.08 Å². The molecule has 2 aromatic carbocycles. The van der Waals surface area contributed by atoms with E-state index in [1.165, 1.54) is 35.3 Å². The van der Waals surface area contributed by atoms with Gasteiger partial charge in [-0.3, -0.25) is 20.3 Å². The number of benzene rings is 2. The predicted octanol–water partition coefficient (Wildman–Crippen LogP) is 4.24. The minimum absolute atomic E-state index is 0.0120. The SMILES string of the molecule is N=C1/C(=C\c2ccc(OCc3ccc([N+](=O)[O-])cc3)cc2)C(=O)N=C2SC(N3CCCCC3)=NN12. The highest BCUT2D eigenvalue weighted by Gasteiger charge is 2.37. The molecule has 0 atom stereocenters. The number of amides is 1. The van der Waals surface area contributed by atoms with Crippen molar-refractivity contribution in [3.8, 4) is 5.75 Å². The molecule has 0 aromatic heterocycles. The number of nitro benzene ring substituents is 1. The van der Waals surface area contributed by atoms with E-state index in [4.69, 9.17) is 10.1 Å². The van der Waals surface area contributed by atoms with Crippen molar-refractivity contribution in [3.05, 3.63) is 75.3 Å². The lowest BCUT2D eigenvalue weighted by molar-refractivity contribution is -0.384. The van der Waals surface area contributed by atoms with Crippen LogP contribution in [0.4, 0.5) is 5.69 Å². The molecular weight excluding hydrogens is 468 g/mol. The number of amidine groups is 3. The Balaban J connectivity index is 1.25. The van der Waals surface area contributed by atoms with Crippen molar-refractivity contribution in [2.45, 2.75) is 25.9 Å². The number of aliphatic imine (C=N–C) groups is 1.